The Morgan fingerprint density at radius 1 is 1.04 bits per heavy atom. The molecule has 0 aliphatic heterocycles. The quantitative estimate of drug-likeness (QED) is 0.608. The van der Waals surface area contributed by atoms with Gasteiger partial charge in [0.1, 0.15) is 0 Å². The normalized spacial score (nSPS) is 11.0. The van der Waals surface area contributed by atoms with Crippen LogP contribution in [0.1, 0.15) is 25.8 Å². The molecule has 0 aliphatic rings. The zero-order chi connectivity index (χ0) is 20.3. The molecule has 3 aromatic rings. The molecule has 0 N–H and O–H groups in total. The van der Waals surface area contributed by atoms with Crippen molar-refractivity contribution < 1.29 is 4.79 Å². The highest BCUT2D eigenvalue weighted by atomic mass is 35.5. The lowest BCUT2D eigenvalue weighted by molar-refractivity contribution is -0.130. The van der Waals surface area contributed by atoms with Gasteiger partial charge >= 0.3 is 0 Å². The molecular formula is C23H25ClN2O2. The predicted molar refractivity (Wildman–Crippen MR) is 116 cm³/mol. The summed E-state index contributed by atoms with van der Waals surface area (Å²) in [5.74, 6) is 0.125. The molecule has 28 heavy (non-hydrogen) atoms. The zero-order valence-electron chi connectivity index (χ0n) is 16.5. The van der Waals surface area contributed by atoms with Gasteiger partial charge in [0.25, 0.3) is 5.56 Å². The number of carbonyl (C=O) groups excluding carboxylic acids is 1. The van der Waals surface area contributed by atoms with Crippen molar-refractivity contribution in [1.29, 1.82) is 0 Å². The number of hydrogen-bond donors (Lipinski definition) is 0. The van der Waals surface area contributed by atoms with Gasteiger partial charge in [-0.1, -0.05) is 48.0 Å². The molecule has 0 fully saturated rings. The number of halogens is 1. The summed E-state index contributed by atoms with van der Waals surface area (Å²) in [6, 6.07) is 15.2. The largest absolute Gasteiger partial charge is 0.343 e. The summed E-state index contributed by atoms with van der Waals surface area (Å²) < 4.78 is 1.67. The number of fused-ring (bicyclic) bond motifs is 1. The molecule has 2 aromatic carbocycles. The fourth-order valence-corrected chi connectivity index (χ4v) is 3.92. The Hall–Kier alpha value is -2.59. The third-order valence-electron chi connectivity index (χ3n) is 5.22. The van der Waals surface area contributed by atoms with Gasteiger partial charge in [0.05, 0.1) is 5.69 Å². The van der Waals surface area contributed by atoms with E-state index in [0.29, 0.717) is 36.3 Å². The monoisotopic (exact) mass is 396 g/mol. The highest BCUT2D eigenvalue weighted by Crippen LogP contribution is 2.30. The molecule has 0 unspecified atom stereocenters. The third-order valence-corrected chi connectivity index (χ3v) is 5.45. The van der Waals surface area contributed by atoms with Crippen LogP contribution in [0, 0.1) is 0 Å². The van der Waals surface area contributed by atoms with Crippen molar-refractivity contribution in [2.24, 2.45) is 7.05 Å². The molecule has 0 aliphatic carbocycles. The molecule has 0 saturated heterocycles. The second-order valence-corrected chi connectivity index (χ2v) is 7.25. The molecule has 146 valence electrons. The minimum absolute atomic E-state index is 0.0878. The van der Waals surface area contributed by atoms with E-state index in [0.717, 1.165) is 22.2 Å². The Labute approximate surface area is 170 Å². The Bertz CT molecular complexity index is 1050. The first kappa shape index (κ1) is 20.2. The van der Waals surface area contributed by atoms with Gasteiger partial charge < -0.3 is 9.47 Å². The molecule has 0 bridgehead atoms. The molecule has 3 rings (SSSR count). The van der Waals surface area contributed by atoms with Gasteiger partial charge in [-0.15, -0.1) is 0 Å². The number of pyridine rings is 1. The maximum Gasteiger partial charge on any atom is 0.258 e. The average Bonchev–Trinajstić information content (AvgIpc) is 2.71. The maximum absolute atomic E-state index is 13.0. The van der Waals surface area contributed by atoms with Gasteiger partial charge in [-0.25, -0.2) is 0 Å². The van der Waals surface area contributed by atoms with E-state index in [1.807, 2.05) is 55.1 Å². The minimum Gasteiger partial charge on any atom is -0.343 e. The number of rotatable bonds is 6. The van der Waals surface area contributed by atoms with E-state index < -0.39 is 0 Å². The first-order valence-corrected chi connectivity index (χ1v) is 10.00. The maximum atomic E-state index is 13.0. The van der Waals surface area contributed by atoms with Gasteiger partial charge in [0, 0.05) is 37.0 Å². The van der Waals surface area contributed by atoms with Crippen LogP contribution in [0.25, 0.3) is 22.0 Å². The van der Waals surface area contributed by atoms with Gasteiger partial charge in [0.15, 0.2) is 0 Å². The highest BCUT2D eigenvalue weighted by molar-refractivity contribution is 6.31. The van der Waals surface area contributed by atoms with Gasteiger partial charge in [-0.3, -0.25) is 9.59 Å². The summed E-state index contributed by atoms with van der Waals surface area (Å²) in [6.45, 7) is 5.37. The fourth-order valence-electron chi connectivity index (χ4n) is 3.75. The van der Waals surface area contributed by atoms with Crippen LogP contribution in [0.2, 0.25) is 5.02 Å². The number of aryl methyl sites for hydroxylation is 1. The first-order chi connectivity index (χ1) is 13.5. The van der Waals surface area contributed by atoms with Crippen LogP contribution in [0.4, 0.5) is 0 Å². The smallest absolute Gasteiger partial charge is 0.258 e. The molecule has 0 atom stereocenters. The summed E-state index contributed by atoms with van der Waals surface area (Å²) in [7, 11) is 1.78. The van der Waals surface area contributed by atoms with Crippen LogP contribution in [-0.2, 0) is 18.3 Å². The first-order valence-electron chi connectivity index (χ1n) is 9.62. The van der Waals surface area contributed by atoms with Gasteiger partial charge in [-0.05, 0) is 48.9 Å². The molecular weight excluding hydrogens is 372 g/mol. The molecule has 0 saturated carbocycles. The second-order valence-electron chi connectivity index (χ2n) is 6.81. The predicted octanol–water partition coefficient (Wildman–Crippen LogP) is 4.66. The van der Waals surface area contributed by atoms with Crippen molar-refractivity contribution in [3.63, 3.8) is 0 Å². The summed E-state index contributed by atoms with van der Waals surface area (Å²) in [5, 5.41) is 1.97. The Balaban J connectivity index is 2.19. The minimum atomic E-state index is -0.0878. The standard InChI is InChI=1S/C23H25ClN2O2/c1-4-26(5-2)21(27)14-13-19-18-12-11-17(24)15-20(18)23(28)25(3)22(19)16-9-7-6-8-10-16/h6-12,15H,4-5,13-14H2,1-3H3. The van der Waals surface area contributed by atoms with E-state index in [9.17, 15) is 9.59 Å². The summed E-state index contributed by atoms with van der Waals surface area (Å²) in [5.41, 5.74) is 2.73. The van der Waals surface area contributed by atoms with E-state index in [1.54, 1.807) is 23.7 Å². The van der Waals surface area contributed by atoms with Crippen LogP contribution in [0.5, 0.6) is 0 Å². The SMILES string of the molecule is CCN(CC)C(=O)CCc1c(-c2ccccc2)n(C)c(=O)c2cc(Cl)ccc12. The van der Waals surface area contributed by atoms with Crippen molar-refractivity contribution in [2.45, 2.75) is 26.7 Å². The van der Waals surface area contributed by atoms with Crippen molar-refractivity contribution >= 4 is 28.3 Å². The molecule has 1 aromatic heterocycles. The highest BCUT2D eigenvalue weighted by Gasteiger charge is 2.18. The molecule has 0 spiro atoms. The lowest BCUT2D eigenvalue weighted by Gasteiger charge is -2.21. The van der Waals surface area contributed by atoms with Gasteiger partial charge in [-0.2, -0.15) is 0 Å². The second kappa shape index (κ2) is 8.61. The topological polar surface area (TPSA) is 42.3 Å². The Kier molecular flexibility index (Phi) is 6.20. The van der Waals surface area contributed by atoms with E-state index in [1.165, 1.54) is 0 Å². The van der Waals surface area contributed by atoms with Gasteiger partial charge in [0.2, 0.25) is 5.91 Å². The average molecular weight is 397 g/mol. The van der Waals surface area contributed by atoms with E-state index in [-0.39, 0.29) is 11.5 Å². The lowest BCUT2D eigenvalue weighted by Crippen LogP contribution is -2.30. The van der Waals surface area contributed by atoms with E-state index in [2.05, 4.69) is 0 Å². The summed E-state index contributed by atoms with van der Waals surface area (Å²) >= 11 is 6.15. The summed E-state index contributed by atoms with van der Waals surface area (Å²) in [6.07, 6.45) is 0.962. The van der Waals surface area contributed by atoms with Crippen LogP contribution < -0.4 is 5.56 Å². The van der Waals surface area contributed by atoms with Crippen molar-refractivity contribution in [3.05, 3.63) is 69.5 Å². The molecule has 0 radical (unpaired) electrons. The number of aromatic nitrogens is 1. The Morgan fingerprint density at radius 3 is 2.36 bits per heavy atom. The van der Waals surface area contributed by atoms with Crippen molar-refractivity contribution in [2.75, 3.05) is 13.1 Å². The van der Waals surface area contributed by atoms with Crippen LogP contribution in [-0.4, -0.2) is 28.5 Å². The number of amides is 1. The van der Waals surface area contributed by atoms with Crippen LogP contribution in [0.3, 0.4) is 0 Å². The molecule has 1 amide bonds. The third kappa shape index (κ3) is 3.83. The molecule has 5 heteroatoms. The van der Waals surface area contributed by atoms with Crippen LogP contribution in [0.15, 0.2) is 53.3 Å². The lowest BCUT2D eigenvalue weighted by atomic mass is 9.95. The Morgan fingerprint density at radius 2 is 1.71 bits per heavy atom. The number of benzene rings is 2. The molecule has 1 heterocycles. The van der Waals surface area contributed by atoms with E-state index >= 15 is 0 Å². The molecule has 4 nitrogen and oxygen atoms in total. The van der Waals surface area contributed by atoms with E-state index in [4.69, 9.17) is 11.6 Å². The summed E-state index contributed by atoms with van der Waals surface area (Å²) in [4.78, 5) is 27.4. The number of hydrogen-bond acceptors (Lipinski definition) is 2. The van der Waals surface area contributed by atoms with Crippen LogP contribution >= 0.6 is 11.6 Å². The fraction of sp³-hybridized carbons (Fsp3) is 0.304. The number of nitrogens with zero attached hydrogens (tertiary/aromatic N) is 2. The van der Waals surface area contributed by atoms with Crippen molar-refractivity contribution in [1.82, 2.24) is 9.47 Å². The zero-order valence-corrected chi connectivity index (χ0v) is 17.3. The number of carbonyl (C=O) groups is 1. The van der Waals surface area contributed by atoms with Crippen molar-refractivity contribution in [3.8, 4) is 11.3 Å².